The number of tetrazole rings is 1. The predicted octanol–water partition coefficient (Wildman–Crippen LogP) is 1.98. The van der Waals surface area contributed by atoms with Crippen LogP contribution in [0.2, 0.25) is 0 Å². The molecule has 0 bridgehead atoms. The summed E-state index contributed by atoms with van der Waals surface area (Å²) >= 11 is 0. The number of hydrogen-bond donors (Lipinski definition) is 0. The molecule has 0 N–H and O–H groups in total. The first-order chi connectivity index (χ1) is 8.68. The summed E-state index contributed by atoms with van der Waals surface area (Å²) in [6.07, 6.45) is -0.562. The van der Waals surface area contributed by atoms with Crippen molar-refractivity contribution in [1.29, 1.82) is 0 Å². The van der Waals surface area contributed by atoms with Gasteiger partial charge in [0.1, 0.15) is 6.61 Å². The smallest absolute Gasteiger partial charge is 0.438 e. The van der Waals surface area contributed by atoms with E-state index in [1.807, 2.05) is 44.2 Å². The molecule has 0 aliphatic rings. The van der Waals surface area contributed by atoms with Gasteiger partial charge < -0.3 is 4.74 Å². The van der Waals surface area contributed by atoms with E-state index in [1.54, 1.807) is 0 Å². The maximum atomic E-state index is 11.8. The van der Waals surface area contributed by atoms with Crippen molar-refractivity contribution in [1.82, 2.24) is 20.2 Å². The van der Waals surface area contributed by atoms with Crippen molar-refractivity contribution >= 4 is 6.09 Å². The fraction of sp³-hybridized carbons (Fsp3) is 0.333. The molecule has 0 amide bonds. The molecule has 0 aliphatic heterocycles. The van der Waals surface area contributed by atoms with Gasteiger partial charge in [-0.25, -0.2) is 4.79 Å². The Balaban J connectivity index is 2.02. The number of hydrogen-bond acceptors (Lipinski definition) is 5. The molecule has 0 saturated carbocycles. The number of benzene rings is 1. The largest absolute Gasteiger partial charge is 0.443 e. The highest BCUT2D eigenvalue weighted by atomic mass is 16.6. The van der Waals surface area contributed by atoms with Crippen LogP contribution < -0.4 is 0 Å². The normalized spacial score (nSPS) is 10.6. The number of nitrogens with zero attached hydrogens (tertiary/aromatic N) is 4. The molecule has 94 valence electrons. The topological polar surface area (TPSA) is 69.9 Å². The van der Waals surface area contributed by atoms with Crippen LogP contribution in [0.5, 0.6) is 0 Å². The summed E-state index contributed by atoms with van der Waals surface area (Å²) < 4.78 is 6.24. The van der Waals surface area contributed by atoms with E-state index in [9.17, 15) is 4.79 Å². The Hall–Kier alpha value is -2.24. The molecule has 1 aromatic heterocycles. The molecule has 0 atom stereocenters. The number of aromatic nitrogens is 4. The SMILES string of the molecule is CC(C)c1nnnn1C(=O)OCc1ccccc1. The molecule has 1 heterocycles. The van der Waals surface area contributed by atoms with E-state index in [2.05, 4.69) is 15.5 Å². The highest BCUT2D eigenvalue weighted by Crippen LogP contribution is 2.10. The van der Waals surface area contributed by atoms with E-state index in [0.717, 1.165) is 10.2 Å². The minimum atomic E-state index is -0.562. The Bertz CT molecular complexity index is 522. The molecule has 0 radical (unpaired) electrons. The van der Waals surface area contributed by atoms with Crippen LogP contribution >= 0.6 is 0 Å². The quantitative estimate of drug-likeness (QED) is 0.774. The van der Waals surface area contributed by atoms with Crippen LogP contribution in [0.15, 0.2) is 30.3 Å². The summed E-state index contributed by atoms with van der Waals surface area (Å²) in [6, 6.07) is 9.45. The van der Waals surface area contributed by atoms with Gasteiger partial charge in [0.15, 0.2) is 5.82 Å². The zero-order valence-electron chi connectivity index (χ0n) is 10.3. The average molecular weight is 246 g/mol. The molecule has 0 unspecified atom stereocenters. The third-order valence-electron chi connectivity index (χ3n) is 2.39. The van der Waals surface area contributed by atoms with Crippen molar-refractivity contribution < 1.29 is 9.53 Å². The summed E-state index contributed by atoms with van der Waals surface area (Å²) in [7, 11) is 0. The van der Waals surface area contributed by atoms with Crippen molar-refractivity contribution in [2.75, 3.05) is 0 Å². The monoisotopic (exact) mass is 246 g/mol. The summed E-state index contributed by atoms with van der Waals surface area (Å²) in [4.78, 5) is 11.8. The zero-order valence-corrected chi connectivity index (χ0v) is 10.3. The van der Waals surface area contributed by atoms with Gasteiger partial charge in [-0.3, -0.25) is 0 Å². The molecule has 0 fully saturated rings. The molecule has 18 heavy (non-hydrogen) atoms. The van der Waals surface area contributed by atoms with E-state index in [1.165, 1.54) is 0 Å². The van der Waals surface area contributed by atoms with E-state index < -0.39 is 6.09 Å². The van der Waals surface area contributed by atoms with Gasteiger partial charge >= 0.3 is 6.09 Å². The number of rotatable bonds is 3. The minimum Gasteiger partial charge on any atom is -0.443 e. The van der Waals surface area contributed by atoms with Crippen LogP contribution in [0, 0.1) is 0 Å². The maximum absolute atomic E-state index is 11.8. The van der Waals surface area contributed by atoms with Crippen LogP contribution in [0.3, 0.4) is 0 Å². The van der Waals surface area contributed by atoms with Gasteiger partial charge in [0.25, 0.3) is 0 Å². The maximum Gasteiger partial charge on any atom is 0.438 e. The van der Waals surface area contributed by atoms with Crippen LogP contribution in [0.25, 0.3) is 0 Å². The van der Waals surface area contributed by atoms with Gasteiger partial charge in [-0.2, -0.15) is 0 Å². The molecule has 0 aliphatic carbocycles. The van der Waals surface area contributed by atoms with Gasteiger partial charge in [0, 0.05) is 5.92 Å². The summed E-state index contributed by atoms with van der Waals surface area (Å²) in [6.45, 7) is 4.02. The first-order valence-corrected chi connectivity index (χ1v) is 5.68. The predicted molar refractivity (Wildman–Crippen MR) is 63.9 cm³/mol. The highest BCUT2D eigenvalue weighted by Gasteiger charge is 2.17. The van der Waals surface area contributed by atoms with Crippen molar-refractivity contribution in [2.45, 2.75) is 26.4 Å². The molecule has 0 spiro atoms. The number of carbonyl (C=O) groups is 1. The van der Waals surface area contributed by atoms with Crippen molar-refractivity contribution in [3.8, 4) is 0 Å². The first-order valence-electron chi connectivity index (χ1n) is 5.68. The second kappa shape index (κ2) is 5.39. The Labute approximate surface area is 105 Å². The summed E-state index contributed by atoms with van der Waals surface area (Å²) in [5.41, 5.74) is 0.921. The zero-order chi connectivity index (χ0) is 13.0. The van der Waals surface area contributed by atoms with Crippen LogP contribution in [0.1, 0.15) is 31.2 Å². The second-order valence-corrected chi connectivity index (χ2v) is 4.14. The van der Waals surface area contributed by atoms with Crippen molar-refractivity contribution in [3.05, 3.63) is 41.7 Å². The molecule has 6 nitrogen and oxygen atoms in total. The lowest BCUT2D eigenvalue weighted by Gasteiger charge is -2.06. The van der Waals surface area contributed by atoms with E-state index >= 15 is 0 Å². The number of carbonyl (C=O) groups excluding carboxylic acids is 1. The Morgan fingerprint density at radius 3 is 2.72 bits per heavy atom. The Morgan fingerprint density at radius 1 is 1.33 bits per heavy atom. The van der Waals surface area contributed by atoms with E-state index in [4.69, 9.17) is 4.74 Å². The van der Waals surface area contributed by atoms with Gasteiger partial charge in [-0.15, -0.1) is 9.78 Å². The molecule has 6 heteroatoms. The third kappa shape index (κ3) is 2.71. The highest BCUT2D eigenvalue weighted by molar-refractivity contribution is 5.69. The van der Waals surface area contributed by atoms with Crippen LogP contribution in [0.4, 0.5) is 4.79 Å². The van der Waals surface area contributed by atoms with Gasteiger partial charge in [-0.1, -0.05) is 44.2 Å². The Morgan fingerprint density at radius 2 is 2.06 bits per heavy atom. The summed E-state index contributed by atoms with van der Waals surface area (Å²) in [5, 5.41) is 10.9. The van der Waals surface area contributed by atoms with Gasteiger partial charge in [0.05, 0.1) is 0 Å². The fourth-order valence-electron chi connectivity index (χ4n) is 1.46. The van der Waals surface area contributed by atoms with Crippen LogP contribution in [-0.2, 0) is 11.3 Å². The van der Waals surface area contributed by atoms with Gasteiger partial charge in [-0.05, 0) is 16.0 Å². The molecule has 0 saturated heterocycles. The Kier molecular flexibility index (Phi) is 3.66. The summed E-state index contributed by atoms with van der Waals surface area (Å²) in [5.74, 6) is 0.553. The molecule has 2 aromatic rings. The second-order valence-electron chi connectivity index (χ2n) is 4.14. The average Bonchev–Trinajstić information content (AvgIpc) is 2.86. The molecule has 2 rings (SSSR count). The van der Waals surface area contributed by atoms with Crippen molar-refractivity contribution in [3.63, 3.8) is 0 Å². The lowest BCUT2D eigenvalue weighted by atomic mass is 10.2. The van der Waals surface area contributed by atoms with Crippen LogP contribution in [-0.4, -0.2) is 26.3 Å². The van der Waals surface area contributed by atoms with Crippen molar-refractivity contribution in [2.24, 2.45) is 0 Å². The number of ether oxygens (including phenoxy) is 1. The van der Waals surface area contributed by atoms with E-state index in [-0.39, 0.29) is 12.5 Å². The van der Waals surface area contributed by atoms with Gasteiger partial charge in [0.2, 0.25) is 0 Å². The van der Waals surface area contributed by atoms with E-state index in [0.29, 0.717) is 5.82 Å². The lowest BCUT2D eigenvalue weighted by molar-refractivity contribution is 0.136. The minimum absolute atomic E-state index is 0.0595. The molecule has 1 aromatic carbocycles. The molecular weight excluding hydrogens is 232 g/mol. The molecular formula is C12H14N4O2. The fourth-order valence-corrected chi connectivity index (χ4v) is 1.46. The first kappa shape index (κ1) is 12.2. The lowest BCUT2D eigenvalue weighted by Crippen LogP contribution is -2.18. The standard InChI is InChI=1S/C12H14N4O2/c1-9(2)11-13-14-15-16(11)12(17)18-8-10-6-4-3-5-7-10/h3-7,9H,8H2,1-2H3. The third-order valence-corrected chi connectivity index (χ3v) is 2.39.